The number of aliphatic hydroxyl groups excluding tert-OH is 5. The van der Waals surface area contributed by atoms with E-state index in [-0.39, 0.29) is 76.9 Å². The van der Waals surface area contributed by atoms with E-state index in [1.54, 1.807) is 0 Å². The van der Waals surface area contributed by atoms with E-state index >= 15 is 0 Å². The summed E-state index contributed by atoms with van der Waals surface area (Å²) >= 11 is 0. The van der Waals surface area contributed by atoms with E-state index in [1.807, 2.05) is 10.6 Å². The molecule has 5 aliphatic rings. The molecule has 0 saturated carbocycles. The van der Waals surface area contributed by atoms with Gasteiger partial charge in [-0.1, -0.05) is 65.2 Å². The van der Waals surface area contributed by atoms with Gasteiger partial charge in [0.1, 0.15) is 48.4 Å². The van der Waals surface area contributed by atoms with Crippen LogP contribution in [0.5, 0.6) is 0 Å². The van der Waals surface area contributed by atoms with Gasteiger partial charge in [-0.25, -0.2) is 19.4 Å². The molecular weight excluding hydrogens is 1210 g/mol. The van der Waals surface area contributed by atoms with Crippen molar-refractivity contribution in [2.75, 3.05) is 51.2 Å². The van der Waals surface area contributed by atoms with Gasteiger partial charge in [0.15, 0.2) is 18.2 Å². The molecule has 5 fully saturated rings. The van der Waals surface area contributed by atoms with Crippen molar-refractivity contribution in [1.82, 2.24) is 56.2 Å². The minimum atomic E-state index is -2.79. The number of hydrogen-bond acceptors (Lipinski definition) is 21. The molecule has 2 unspecified atom stereocenters. The Kier molecular flexibility index (Phi) is 28.5. The number of carboxylic acids is 2. The first kappa shape index (κ1) is 73.7. The van der Waals surface area contributed by atoms with Gasteiger partial charge in [0, 0.05) is 38.8 Å². The third-order valence-corrected chi connectivity index (χ3v) is 17.4. The number of aliphatic hydroxyl groups is 5. The van der Waals surface area contributed by atoms with Gasteiger partial charge in [0.05, 0.1) is 30.9 Å². The van der Waals surface area contributed by atoms with Gasteiger partial charge >= 0.3 is 17.9 Å². The molecule has 0 aliphatic carbocycles. The first-order valence-corrected chi connectivity index (χ1v) is 32.3. The number of esters is 1. The number of unbranched alkanes of at least 4 members (excludes halogenated alkanes) is 6. The topological polar surface area (TPSA) is 470 Å². The zero-order valence-corrected chi connectivity index (χ0v) is 52.6. The SMILES string of the molecule is CC(C)CCCCCCCCCC1CC(=O)N[C@H]([C@@H](C)O)C(=O)N2CCC[C@@H]2C(=O)N2CCCC2C(=O)N[C@@H](CCCNc2nc(CN3CCCCC3)cc(=O)[nH]2)C(=O)N[C@H]([C@@H](O)C(=O)O)C(=O)N[C@H](CO)C(=O)N2CC[C@H](O)[C@H]2C(=O)N[C@@H]([C@H](O)C(=O)O)C(=O)O1. The molecule has 1 aromatic rings. The van der Waals surface area contributed by atoms with E-state index in [0.717, 1.165) is 75.8 Å². The second-order valence-corrected chi connectivity index (χ2v) is 25.0. The number of piperidine rings is 1. The summed E-state index contributed by atoms with van der Waals surface area (Å²) in [6.45, 7) is 5.71. The van der Waals surface area contributed by atoms with Crippen molar-refractivity contribution in [3.8, 4) is 0 Å². The van der Waals surface area contributed by atoms with Crippen LogP contribution in [-0.4, -0.2) is 255 Å². The molecular formula is C60H94N12O20. The Morgan fingerprint density at radius 2 is 1.23 bits per heavy atom. The summed E-state index contributed by atoms with van der Waals surface area (Å²) in [7, 11) is 0. The van der Waals surface area contributed by atoms with Crippen molar-refractivity contribution in [2.45, 2.75) is 235 Å². The van der Waals surface area contributed by atoms with Crippen molar-refractivity contribution in [1.29, 1.82) is 0 Å². The molecule has 92 heavy (non-hydrogen) atoms. The predicted molar refractivity (Wildman–Crippen MR) is 324 cm³/mol. The molecule has 6 rings (SSSR count). The fraction of sp³-hybridized carbons (Fsp3) is 0.750. The molecule has 13 atom stereocenters. The summed E-state index contributed by atoms with van der Waals surface area (Å²) in [6.07, 6.45) is -1.40. The van der Waals surface area contributed by atoms with E-state index in [4.69, 9.17) is 4.74 Å². The minimum Gasteiger partial charge on any atom is -0.479 e. The number of hydrogen-bond donors (Lipinski definition) is 14. The summed E-state index contributed by atoms with van der Waals surface area (Å²) in [5.74, 6) is -14.2. The highest BCUT2D eigenvalue weighted by atomic mass is 16.5. The Hall–Kier alpha value is -7.39. The zero-order valence-electron chi connectivity index (χ0n) is 52.6. The van der Waals surface area contributed by atoms with Gasteiger partial charge in [-0.2, -0.15) is 0 Å². The second kappa shape index (κ2) is 35.6. The maximum Gasteiger partial charge on any atom is 0.335 e. The number of rotatable bonds is 23. The van der Waals surface area contributed by atoms with Gasteiger partial charge in [0.2, 0.25) is 53.2 Å². The lowest BCUT2D eigenvalue weighted by atomic mass is 10.0. The molecule has 5 saturated heterocycles. The van der Waals surface area contributed by atoms with E-state index in [1.165, 1.54) is 17.9 Å². The van der Waals surface area contributed by atoms with Gasteiger partial charge in [-0.15, -0.1) is 0 Å². The van der Waals surface area contributed by atoms with E-state index < -0.39 is 169 Å². The van der Waals surface area contributed by atoms with Gasteiger partial charge in [-0.3, -0.25) is 53.0 Å². The number of aromatic amines is 1. The summed E-state index contributed by atoms with van der Waals surface area (Å²) in [6, 6.07) is -13.7. The van der Waals surface area contributed by atoms with Crippen LogP contribution in [0, 0.1) is 5.92 Å². The number of nitrogens with zero attached hydrogens (tertiary/aromatic N) is 5. The molecule has 0 bridgehead atoms. The lowest BCUT2D eigenvalue weighted by Crippen LogP contribution is -2.64. The number of amides is 8. The van der Waals surface area contributed by atoms with Gasteiger partial charge < -0.3 is 87.1 Å². The smallest absolute Gasteiger partial charge is 0.335 e. The number of aliphatic carboxylic acids is 2. The van der Waals surface area contributed by atoms with Crippen LogP contribution in [0.4, 0.5) is 5.95 Å². The zero-order chi connectivity index (χ0) is 67.3. The molecule has 8 amide bonds. The fourth-order valence-corrected chi connectivity index (χ4v) is 12.4. The lowest BCUT2D eigenvalue weighted by molar-refractivity contribution is -0.165. The quantitative estimate of drug-likeness (QED) is 0.0385. The number of H-pyrrole nitrogens is 1. The third-order valence-electron chi connectivity index (χ3n) is 17.4. The summed E-state index contributed by atoms with van der Waals surface area (Å²) < 4.78 is 5.69. The molecule has 0 spiro atoms. The molecule has 1 aromatic heterocycles. The first-order valence-electron chi connectivity index (χ1n) is 32.3. The monoisotopic (exact) mass is 1300 g/mol. The Bertz CT molecular complexity index is 2800. The van der Waals surface area contributed by atoms with Crippen molar-refractivity contribution in [3.05, 3.63) is 22.1 Å². The molecule has 6 heterocycles. The van der Waals surface area contributed by atoms with Crippen molar-refractivity contribution >= 4 is 71.1 Å². The van der Waals surface area contributed by atoms with Crippen LogP contribution in [0.1, 0.15) is 155 Å². The highest BCUT2D eigenvalue weighted by Crippen LogP contribution is 2.28. The van der Waals surface area contributed by atoms with E-state index in [0.29, 0.717) is 35.9 Å². The van der Waals surface area contributed by atoms with Gasteiger partial charge in [-0.05, 0) is 96.6 Å². The molecule has 14 N–H and O–H groups in total. The van der Waals surface area contributed by atoms with E-state index in [2.05, 4.69) is 50.0 Å². The van der Waals surface area contributed by atoms with Gasteiger partial charge in [0.25, 0.3) is 5.56 Å². The van der Waals surface area contributed by atoms with Crippen LogP contribution >= 0.6 is 0 Å². The molecule has 514 valence electrons. The standard InChI is InChI=1S/C60H94N12O20/c1-33(2)17-10-7-5-4-6-8-11-18-36-30-43(77)65-44(34(3)74)56(86)71-27-16-21-40(71)55(85)70-26-15-20-39(70)51(81)63-37(19-14-23-61-60-62-35(29-42(76)66-60)31-69-24-12-9-13-25-69)50(80)67-45(48(78)57(87)88)52(82)64-38(32-73)54(84)72-28-22-41(75)47(72)53(83)68-46(59(91)92-36)49(79)58(89)90/h29,33-34,36-41,44-49,73-75,78-79H,4-28,30-32H2,1-3H3,(H,63,81)(H,64,82)(H,65,77)(H,67,80)(H,68,83)(H,87,88)(H,89,90)(H2,61,62,66,76)/t34-,36?,37+,38-,39?,40-,41+,44-,45-,46+,47+,48-,49+/m1/s1. The van der Waals surface area contributed by atoms with E-state index in [9.17, 15) is 93.3 Å². The molecule has 0 radical (unpaired) electrons. The maximum atomic E-state index is 14.7. The molecule has 5 aliphatic heterocycles. The lowest BCUT2D eigenvalue weighted by Gasteiger charge is -2.34. The van der Waals surface area contributed by atoms with Crippen LogP contribution in [0.2, 0.25) is 0 Å². The highest BCUT2D eigenvalue weighted by Gasteiger charge is 2.49. The molecule has 0 aromatic carbocycles. The minimum absolute atomic E-state index is 0.00378. The van der Waals surface area contributed by atoms with Crippen LogP contribution < -0.4 is 37.5 Å². The Labute approximate surface area is 532 Å². The number of nitrogens with one attached hydrogen (secondary N) is 7. The number of carboxylic acid groups (broad SMARTS) is 2. The van der Waals surface area contributed by atoms with Crippen LogP contribution in [0.3, 0.4) is 0 Å². The van der Waals surface area contributed by atoms with Crippen LogP contribution in [0.25, 0.3) is 0 Å². The van der Waals surface area contributed by atoms with Crippen molar-refractivity contribution < 1.29 is 93.2 Å². The summed E-state index contributed by atoms with van der Waals surface area (Å²) in [5, 5.41) is 88.9. The number of cyclic esters (lactones) is 1. The number of carbonyl (C=O) groups excluding carboxylic acids is 9. The Balaban J connectivity index is 1.32. The van der Waals surface area contributed by atoms with Crippen molar-refractivity contribution in [3.63, 3.8) is 0 Å². The largest absolute Gasteiger partial charge is 0.479 e. The number of likely N-dealkylation sites (tertiary alicyclic amines) is 1. The normalized spacial score (nSPS) is 27.5. The number of carbonyl (C=O) groups is 11. The first-order chi connectivity index (χ1) is 43.8. The molecule has 32 heteroatoms. The number of aromatic nitrogens is 2. The average molecular weight is 1300 g/mol. The Morgan fingerprint density at radius 3 is 1.87 bits per heavy atom. The maximum absolute atomic E-state index is 14.7. The van der Waals surface area contributed by atoms with Crippen molar-refractivity contribution in [2.24, 2.45) is 5.92 Å². The second-order valence-electron chi connectivity index (χ2n) is 25.0. The predicted octanol–water partition coefficient (Wildman–Crippen LogP) is -2.94. The third kappa shape index (κ3) is 20.8. The number of anilines is 1. The number of ether oxygens (including phenoxy) is 1. The number of fused-ring (bicyclic) bond motifs is 3. The van der Waals surface area contributed by atoms with Crippen LogP contribution in [0.15, 0.2) is 10.9 Å². The van der Waals surface area contributed by atoms with Crippen LogP contribution in [-0.2, 0) is 64.0 Å². The summed E-state index contributed by atoms with van der Waals surface area (Å²) in [5.41, 5.74) is 0.0405. The fourth-order valence-electron chi connectivity index (χ4n) is 12.4. The summed E-state index contributed by atoms with van der Waals surface area (Å²) in [4.78, 5) is 179. The highest BCUT2D eigenvalue weighted by molar-refractivity contribution is 6.00. The Morgan fingerprint density at radius 1 is 0.620 bits per heavy atom. The average Bonchev–Trinajstić information content (AvgIpc) is 1.79. The molecule has 32 nitrogen and oxygen atoms in total.